The van der Waals surface area contributed by atoms with Gasteiger partial charge in [-0.25, -0.2) is 0 Å². The SMILES string of the molecule is CC(C)C1(C)CCCCC2C=NNC2CC1. The molecule has 1 N–H and O–H groups in total. The summed E-state index contributed by atoms with van der Waals surface area (Å²) >= 11 is 0. The summed E-state index contributed by atoms with van der Waals surface area (Å²) in [6.45, 7) is 7.25. The zero-order valence-corrected chi connectivity index (χ0v) is 11.0. The van der Waals surface area contributed by atoms with Crippen molar-refractivity contribution in [2.24, 2.45) is 22.4 Å². The predicted octanol–water partition coefficient (Wildman–Crippen LogP) is 3.58. The Kier molecular flexibility index (Phi) is 3.56. The van der Waals surface area contributed by atoms with Crippen LogP contribution in [0.2, 0.25) is 0 Å². The molecular formula is C14H26N2. The Bertz CT molecular complexity index is 259. The Labute approximate surface area is 99.9 Å². The van der Waals surface area contributed by atoms with Crippen molar-refractivity contribution in [2.75, 3.05) is 0 Å². The fourth-order valence-electron chi connectivity index (χ4n) is 3.08. The van der Waals surface area contributed by atoms with Crippen LogP contribution in [0.15, 0.2) is 5.10 Å². The molecule has 1 saturated carbocycles. The van der Waals surface area contributed by atoms with Gasteiger partial charge in [0.15, 0.2) is 0 Å². The first kappa shape index (κ1) is 11.9. The van der Waals surface area contributed by atoms with Gasteiger partial charge in [-0.15, -0.1) is 0 Å². The van der Waals surface area contributed by atoms with Crippen LogP contribution in [-0.4, -0.2) is 12.3 Å². The molecule has 2 heteroatoms. The van der Waals surface area contributed by atoms with E-state index in [4.69, 9.17) is 0 Å². The molecule has 0 amide bonds. The van der Waals surface area contributed by atoms with Crippen LogP contribution in [-0.2, 0) is 0 Å². The van der Waals surface area contributed by atoms with E-state index in [1.807, 2.05) is 0 Å². The Morgan fingerprint density at radius 1 is 1.25 bits per heavy atom. The second-order valence-corrected chi connectivity index (χ2v) is 6.27. The van der Waals surface area contributed by atoms with Gasteiger partial charge in [0.1, 0.15) is 0 Å². The van der Waals surface area contributed by atoms with Gasteiger partial charge >= 0.3 is 0 Å². The maximum atomic E-state index is 4.26. The molecule has 0 aromatic carbocycles. The maximum absolute atomic E-state index is 4.26. The van der Waals surface area contributed by atoms with E-state index in [0.717, 1.165) is 5.92 Å². The van der Waals surface area contributed by atoms with Gasteiger partial charge in [0.25, 0.3) is 0 Å². The standard InChI is InChI=1S/C14H26N2/c1-11(2)14(3)8-5-4-6-12-10-15-16-13(12)7-9-14/h10-13,16H,4-9H2,1-3H3. The Morgan fingerprint density at radius 3 is 2.81 bits per heavy atom. The molecule has 3 unspecified atom stereocenters. The summed E-state index contributed by atoms with van der Waals surface area (Å²) in [5.74, 6) is 1.50. The third-order valence-corrected chi connectivity index (χ3v) is 4.98. The van der Waals surface area contributed by atoms with E-state index in [1.54, 1.807) is 0 Å². The van der Waals surface area contributed by atoms with E-state index in [9.17, 15) is 0 Å². The molecule has 1 aliphatic carbocycles. The summed E-state index contributed by atoms with van der Waals surface area (Å²) in [5, 5.41) is 4.26. The van der Waals surface area contributed by atoms with Crippen LogP contribution < -0.4 is 5.43 Å². The normalized spacial score (nSPS) is 39.8. The average Bonchev–Trinajstić information content (AvgIpc) is 2.69. The van der Waals surface area contributed by atoms with Crippen molar-refractivity contribution in [1.82, 2.24) is 5.43 Å². The molecule has 2 rings (SSSR count). The number of nitrogens with zero attached hydrogens (tertiary/aromatic N) is 1. The smallest absolute Gasteiger partial charge is 0.0518 e. The van der Waals surface area contributed by atoms with E-state index < -0.39 is 0 Å². The predicted molar refractivity (Wildman–Crippen MR) is 69.6 cm³/mol. The molecule has 92 valence electrons. The highest BCUT2D eigenvalue weighted by atomic mass is 15.3. The van der Waals surface area contributed by atoms with Gasteiger partial charge in [-0.1, -0.05) is 33.6 Å². The van der Waals surface area contributed by atoms with Crippen LogP contribution in [0.3, 0.4) is 0 Å². The second-order valence-electron chi connectivity index (χ2n) is 6.27. The number of rotatable bonds is 1. The van der Waals surface area contributed by atoms with Crippen LogP contribution in [0.5, 0.6) is 0 Å². The molecule has 0 bridgehead atoms. The molecule has 1 fully saturated rings. The lowest BCUT2D eigenvalue weighted by Gasteiger charge is -2.34. The van der Waals surface area contributed by atoms with Crippen molar-refractivity contribution in [3.63, 3.8) is 0 Å². The lowest BCUT2D eigenvalue weighted by atomic mass is 9.72. The fraction of sp³-hybridized carbons (Fsp3) is 0.929. The van der Waals surface area contributed by atoms with Crippen molar-refractivity contribution in [3.8, 4) is 0 Å². The minimum absolute atomic E-state index is 0.541. The first-order chi connectivity index (χ1) is 7.62. The Balaban J connectivity index is 2.02. The number of fused-ring (bicyclic) bond motifs is 1. The monoisotopic (exact) mass is 222 g/mol. The molecule has 0 radical (unpaired) electrons. The highest BCUT2D eigenvalue weighted by molar-refractivity contribution is 5.63. The minimum atomic E-state index is 0.541. The van der Waals surface area contributed by atoms with Gasteiger partial charge in [0.2, 0.25) is 0 Å². The fourth-order valence-corrected chi connectivity index (χ4v) is 3.08. The summed E-state index contributed by atoms with van der Waals surface area (Å²) in [7, 11) is 0. The number of hydrogen-bond acceptors (Lipinski definition) is 2. The zero-order valence-electron chi connectivity index (χ0n) is 11.0. The van der Waals surface area contributed by atoms with Gasteiger partial charge < -0.3 is 5.43 Å². The van der Waals surface area contributed by atoms with Crippen LogP contribution in [0.1, 0.15) is 59.3 Å². The van der Waals surface area contributed by atoms with E-state index >= 15 is 0 Å². The highest BCUT2D eigenvalue weighted by Crippen LogP contribution is 2.40. The van der Waals surface area contributed by atoms with E-state index in [0.29, 0.717) is 17.4 Å². The molecule has 0 saturated heterocycles. The molecular weight excluding hydrogens is 196 g/mol. The molecule has 0 aromatic heterocycles. The number of nitrogens with one attached hydrogen (secondary N) is 1. The Hall–Kier alpha value is -0.530. The molecule has 2 aliphatic rings. The zero-order chi connectivity index (χ0) is 11.6. The van der Waals surface area contributed by atoms with Gasteiger partial charge in [-0.2, -0.15) is 5.10 Å². The first-order valence-corrected chi connectivity index (χ1v) is 6.90. The number of hydrazone groups is 1. The summed E-state index contributed by atoms with van der Waals surface area (Å²) in [6.07, 6.45) is 10.3. The summed E-state index contributed by atoms with van der Waals surface area (Å²) < 4.78 is 0. The molecule has 1 aliphatic heterocycles. The van der Waals surface area contributed by atoms with Gasteiger partial charge in [0.05, 0.1) is 6.04 Å². The molecule has 0 spiro atoms. The van der Waals surface area contributed by atoms with Crippen LogP contribution in [0, 0.1) is 17.3 Å². The molecule has 3 atom stereocenters. The summed E-state index contributed by atoms with van der Waals surface area (Å²) in [4.78, 5) is 0. The van der Waals surface area contributed by atoms with Crippen LogP contribution in [0.25, 0.3) is 0 Å². The van der Waals surface area contributed by atoms with Gasteiger partial charge in [-0.3, -0.25) is 0 Å². The lowest BCUT2D eigenvalue weighted by molar-refractivity contribution is 0.168. The van der Waals surface area contributed by atoms with Gasteiger partial charge in [-0.05, 0) is 37.0 Å². The summed E-state index contributed by atoms with van der Waals surface area (Å²) in [5.41, 5.74) is 3.84. The lowest BCUT2D eigenvalue weighted by Crippen LogP contribution is -2.30. The van der Waals surface area contributed by atoms with E-state index in [1.165, 1.54) is 38.5 Å². The topological polar surface area (TPSA) is 24.4 Å². The molecule has 0 aromatic rings. The Morgan fingerprint density at radius 2 is 2.06 bits per heavy atom. The van der Waals surface area contributed by atoms with Gasteiger partial charge in [0, 0.05) is 12.1 Å². The van der Waals surface area contributed by atoms with Crippen LogP contribution in [0.4, 0.5) is 0 Å². The van der Waals surface area contributed by atoms with Crippen molar-refractivity contribution in [1.29, 1.82) is 0 Å². The van der Waals surface area contributed by atoms with E-state index in [-0.39, 0.29) is 0 Å². The molecule has 2 nitrogen and oxygen atoms in total. The number of hydrogen-bond donors (Lipinski definition) is 1. The first-order valence-electron chi connectivity index (χ1n) is 6.90. The van der Waals surface area contributed by atoms with Crippen molar-refractivity contribution in [3.05, 3.63) is 0 Å². The van der Waals surface area contributed by atoms with Crippen molar-refractivity contribution >= 4 is 6.21 Å². The minimum Gasteiger partial charge on any atom is -0.307 e. The quantitative estimate of drug-likeness (QED) is 0.720. The molecule has 16 heavy (non-hydrogen) atoms. The second kappa shape index (κ2) is 4.77. The molecule has 1 heterocycles. The van der Waals surface area contributed by atoms with E-state index in [2.05, 4.69) is 37.5 Å². The maximum Gasteiger partial charge on any atom is 0.0518 e. The third-order valence-electron chi connectivity index (χ3n) is 4.98. The summed E-state index contributed by atoms with van der Waals surface area (Å²) in [6, 6.07) is 0.621. The van der Waals surface area contributed by atoms with Crippen molar-refractivity contribution in [2.45, 2.75) is 65.3 Å². The average molecular weight is 222 g/mol. The largest absolute Gasteiger partial charge is 0.307 e. The highest BCUT2D eigenvalue weighted by Gasteiger charge is 2.33. The third kappa shape index (κ3) is 2.41. The van der Waals surface area contributed by atoms with Crippen LogP contribution >= 0.6 is 0 Å². The van der Waals surface area contributed by atoms with Crippen molar-refractivity contribution < 1.29 is 0 Å².